The van der Waals surface area contributed by atoms with Gasteiger partial charge in [0.2, 0.25) is 0 Å². The van der Waals surface area contributed by atoms with Gasteiger partial charge in [0.05, 0.1) is 0 Å². The van der Waals surface area contributed by atoms with Crippen LogP contribution in [0.1, 0.15) is 49.5 Å². The molecule has 1 aliphatic rings. The van der Waals surface area contributed by atoms with Crippen molar-refractivity contribution in [1.29, 1.82) is 0 Å². The van der Waals surface area contributed by atoms with Crippen LogP contribution in [0.15, 0.2) is 12.3 Å². The Morgan fingerprint density at radius 3 is 2.69 bits per heavy atom. The number of nitrogen functional groups attached to an aromatic ring is 1. The number of rotatable bonds is 2. The summed E-state index contributed by atoms with van der Waals surface area (Å²) in [5, 5.41) is 3.10. The van der Waals surface area contributed by atoms with Crippen LogP contribution >= 0.6 is 0 Å². The molecule has 1 aliphatic carbocycles. The highest BCUT2D eigenvalue weighted by atomic mass is 16.2. The largest absolute Gasteiger partial charge is 0.397 e. The molecule has 88 valence electrons. The second-order valence-corrected chi connectivity index (χ2v) is 4.92. The van der Waals surface area contributed by atoms with Crippen molar-refractivity contribution in [2.75, 3.05) is 5.73 Å². The Hall–Kier alpha value is -1.45. The summed E-state index contributed by atoms with van der Waals surface area (Å²) >= 11 is 0. The highest BCUT2D eigenvalue weighted by molar-refractivity contribution is 5.93. The van der Waals surface area contributed by atoms with E-state index in [1.54, 1.807) is 12.3 Å². The number of anilines is 1. The fourth-order valence-electron chi connectivity index (χ4n) is 2.34. The van der Waals surface area contributed by atoms with Gasteiger partial charge in [0.25, 0.3) is 5.91 Å². The van der Waals surface area contributed by atoms with Gasteiger partial charge in [-0.25, -0.2) is 0 Å². The maximum atomic E-state index is 11.9. The van der Waals surface area contributed by atoms with Crippen molar-refractivity contribution in [1.82, 2.24) is 10.3 Å². The Bertz CT molecular complexity index is 377. The molecule has 2 rings (SSSR count). The summed E-state index contributed by atoms with van der Waals surface area (Å²) in [6.07, 6.45) is 7.44. The van der Waals surface area contributed by atoms with Crippen LogP contribution < -0.4 is 11.1 Å². The number of hydrogen-bond acceptors (Lipinski definition) is 2. The van der Waals surface area contributed by atoms with Gasteiger partial charge < -0.3 is 16.0 Å². The molecule has 0 radical (unpaired) electrons. The number of amides is 1. The van der Waals surface area contributed by atoms with Crippen LogP contribution in [0.5, 0.6) is 0 Å². The third-order valence-corrected chi connectivity index (χ3v) is 3.32. The zero-order valence-corrected chi connectivity index (χ0v) is 9.68. The monoisotopic (exact) mass is 221 g/mol. The predicted octanol–water partition coefficient (Wildman–Crippen LogP) is 2.05. The number of nitrogens with one attached hydrogen (secondary N) is 2. The number of carbonyl (C=O) groups excluding carboxylic acids is 1. The van der Waals surface area contributed by atoms with E-state index in [0.717, 1.165) is 12.8 Å². The molecule has 1 amide bonds. The molecule has 16 heavy (non-hydrogen) atoms. The van der Waals surface area contributed by atoms with E-state index in [1.807, 2.05) is 0 Å². The molecule has 0 atom stereocenters. The molecule has 0 aliphatic heterocycles. The topological polar surface area (TPSA) is 70.9 Å². The number of carbonyl (C=O) groups is 1. The van der Waals surface area contributed by atoms with Crippen molar-refractivity contribution >= 4 is 11.6 Å². The van der Waals surface area contributed by atoms with E-state index >= 15 is 0 Å². The van der Waals surface area contributed by atoms with Gasteiger partial charge in [-0.3, -0.25) is 4.79 Å². The van der Waals surface area contributed by atoms with Crippen molar-refractivity contribution in [3.63, 3.8) is 0 Å². The van der Waals surface area contributed by atoms with Crippen molar-refractivity contribution in [2.24, 2.45) is 0 Å². The third-order valence-electron chi connectivity index (χ3n) is 3.32. The third kappa shape index (κ3) is 2.38. The highest BCUT2D eigenvalue weighted by Crippen LogP contribution is 2.27. The zero-order valence-electron chi connectivity index (χ0n) is 9.68. The number of aromatic nitrogens is 1. The smallest absolute Gasteiger partial charge is 0.268 e. The van der Waals surface area contributed by atoms with Crippen LogP contribution in [-0.4, -0.2) is 16.4 Å². The molecule has 1 aromatic rings. The van der Waals surface area contributed by atoms with Gasteiger partial charge in [-0.15, -0.1) is 0 Å². The maximum absolute atomic E-state index is 11.9. The minimum absolute atomic E-state index is 0.0464. The van der Waals surface area contributed by atoms with Crippen molar-refractivity contribution < 1.29 is 4.79 Å². The molecule has 0 aromatic carbocycles. The Kier molecular flexibility index (Phi) is 2.90. The standard InChI is InChI=1S/C12H19N3O/c1-12(5-3-2-4-6-12)15-11(16)10-7-9(13)8-14-10/h7-8,14H,2-6,13H2,1H3,(H,15,16). The summed E-state index contributed by atoms with van der Waals surface area (Å²) < 4.78 is 0. The molecule has 1 saturated carbocycles. The van der Waals surface area contributed by atoms with Crippen molar-refractivity contribution in [2.45, 2.75) is 44.6 Å². The lowest BCUT2D eigenvalue weighted by atomic mass is 9.83. The summed E-state index contributed by atoms with van der Waals surface area (Å²) in [4.78, 5) is 14.8. The Balaban J connectivity index is 2.01. The fraction of sp³-hybridized carbons (Fsp3) is 0.583. The van der Waals surface area contributed by atoms with E-state index in [0.29, 0.717) is 11.4 Å². The van der Waals surface area contributed by atoms with Gasteiger partial charge in [0, 0.05) is 17.4 Å². The maximum Gasteiger partial charge on any atom is 0.268 e. The second kappa shape index (κ2) is 4.20. The van der Waals surface area contributed by atoms with Gasteiger partial charge >= 0.3 is 0 Å². The number of hydrogen-bond donors (Lipinski definition) is 3. The van der Waals surface area contributed by atoms with E-state index in [4.69, 9.17) is 5.73 Å². The molecular formula is C12H19N3O. The number of H-pyrrole nitrogens is 1. The fourth-order valence-corrected chi connectivity index (χ4v) is 2.34. The van der Waals surface area contributed by atoms with Crippen molar-refractivity contribution in [3.05, 3.63) is 18.0 Å². The molecule has 1 fully saturated rings. The molecule has 0 saturated heterocycles. The zero-order chi connectivity index (χ0) is 11.6. The van der Waals surface area contributed by atoms with Crippen LogP contribution in [0.3, 0.4) is 0 Å². The first-order chi connectivity index (χ1) is 7.59. The lowest BCUT2D eigenvalue weighted by Gasteiger charge is -2.34. The first-order valence-electron chi connectivity index (χ1n) is 5.85. The highest BCUT2D eigenvalue weighted by Gasteiger charge is 2.28. The molecule has 0 unspecified atom stereocenters. The molecule has 0 bridgehead atoms. The molecule has 4 nitrogen and oxygen atoms in total. The van der Waals surface area contributed by atoms with Crippen LogP contribution in [0, 0.1) is 0 Å². The van der Waals surface area contributed by atoms with Gasteiger partial charge in [0.15, 0.2) is 0 Å². The van der Waals surface area contributed by atoms with Crippen LogP contribution in [-0.2, 0) is 0 Å². The second-order valence-electron chi connectivity index (χ2n) is 4.92. The lowest BCUT2D eigenvalue weighted by Crippen LogP contribution is -2.47. The Morgan fingerprint density at radius 2 is 2.12 bits per heavy atom. The lowest BCUT2D eigenvalue weighted by molar-refractivity contribution is 0.0878. The predicted molar refractivity (Wildman–Crippen MR) is 64.2 cm³/mol. The molecular weight excluding hydrogens is 202 g/mol. The minimum atomic E-state index is -0.0545. The molecule has 0 spiro atoms. The summed E-state index contributed by atoms with van der Waals surface area (Å²) in [5.74, 6) is -0.0545. The molecule has 1 heterocycles. The average Bonchev–Trinajstić information content (AvgIpc) is 2.65. The molecule has 4 heteroatoms. The van der Waals surface area contributed by atoms with E-state index in [2.05, 4.69) is 17.2 Å². The van der Waals surface area contributed by atoms with E-state index < -0.39 is 0 Å². The van der Waals surface area contributed by atoms with E-state index in [9.17, 15) is 4.79 Å². The number of nitrogens with two attached hydrogens (primary N) is 1. The molecule has 1 aromatic heterocycles. The van der Waals surface area contributed by atoms with Crippen LogP contribution in [0.2, 0.25) is 0 Å². The Labute approximate surface area is 95.6 Å². The van der Waals surface area contributed by atoms with Gasteiger partial charge in [-0.1, -0.05) is 19.3 Å². The van der Waals surface area contributed by atoms with Crippen molar-refractivity contribution in [3.8, 4) is 0 Å². The van der Waals surface area contributed by atoms with Gasteiger partial charge in [-0.2, -0.15) is 0 Å². The molecule has 4 N–H and O–H groups in total. The van der Waals surface area contributed by atoms with E-state index in [1.165, 1.54) is 19.3 Å². The van der Waals surface area contributed by atoms with Crippen LogP contribution in [0.4, 0.5) is 5.69 Å². The average molecular weight is 221 g/mol. The quantitative estimate of drug-likeness (QED) is 0.715. The normalized spacial score (nSPS) is 19.3. The first kappa shape index (κ1) is 11.0. The van der Waals surface area contributed by atoms with Gasteiger partial charge in [0.1, 0.15) is 5.69 Å². The first-order valence-corrected chi connectivity index (χ1v) is 5.85. The van der Waals surface area contributed by atoms with Gasteiger partial charge in [-0.05, 0) is 25.8 Å². The van der Waals surface area contributed by atoms with Crippen LogP contribution in [0.25, 0.3) is 0 Å². The summed E-state index contributed by atoms with van der Waals surface area (Å²) in [6, 6.07) is 1.67. The van der Waals surface area contributed by atoms with E-state index in [-0.39, 0.29) is 11.4 Å². The SMILES string of the molecule is CC1(NC(=O)c2cc(N)c[nH]2)CCCCC1. The summed E-state index contributed by atoms with van der Waals surface area (Å²) in [7, 11) is 0. The summed E-state index contributed by atoms with van der Waals surface area (Å²) in [5.41, 5.74) is 6.67. The summed E-state index contributed by atoms with van der Waals surface area (Å²) in [6.45, 7) is 2.12. The number of aromatic amines is 1. The Morgan fingerprint density at radius 1 is 1.44 bits per heavy atom. The minimum Gasteiger partial charge on any atom is -0.397 e.